The Hall–Kier alpha value is -2.15. The summed E-state index contributed by atoms with van der Waals surface area (Å²) in [5, 5.41) is 6.21. The standard InChI is InChI=1S/C21H28N4O2S/c1-13-4-2-3-5-17(13)23-20(28)25-24-18(26)12-22-19(27)21-9-14-6-15(10-21)8-16(7-14)11-21/h2-5,14-16H,6-12H2,1H3,(H,22,27)(H,24,26)(H2,23,25,28). The second-order valence-corrected chi connectivity index (χ2v) is 9.23. The lowest BCUT2D eigenvalue weighted by Gasteiger charge is -2.55. The minimum Gasteiger partial charge on any atom is -0.346 e. The lowest BCUT2D eigenvalue weighted by molar-refractivity contribution is -0.147. The van der Waals surface area contributed by atoms with E-state index in [1.807, 2.05) is 31.2 Å². The van der Waals surface area contributed by atoms with Gasteiger partial charge >= 0.3 is 0 Å². The molecule has 4 fully saturated rings. The highest BCUT2D eigenvalue weighted by atomic mass is 32.1. The highest BCUT2D eigenvalue weighted by Gasteiger charge is 2.54. The van der Waals surface area contributed by atoms with Gasteiger partial charge < -0.3 is 10.6 Å². The smallest absolute Gasteiger partial charge is 0.257 e. The maximum atomic E-state index is 12.9. The molecule has 4 aliphatic rings. The molecule has 1 aromatic rings. The van der Waals surface area contributed by atoms with Gasteiger partial charge in [-0.25, -0.2) is 0 Å². The SMILES string of the molecule is Cc1ccccc1NC(=S)NNC(=O)CNC(=O)C12CC3CC(CC(C3)C1)C2. The van der Waals surface area contributed by atoms with E-state index in [1.165, 1.54) is 19.3 Å². The van der Waals surface area contributed by atoms with Crippen molar-refractivity contribution in [3.63, 3.8) is 0 Å². The molecular weight excluding hydrogens is 372 g/mol. The molecule has 0 saturated heterocycles. The first kappa shape index (κ1) is 19.2. The summed E-state index contributed by atoms with van der Waals surface area (Å²) in [6.45, 7) is 1.93. The topological polar surface area (TPSA) is 82.3 Å². The number of benzene rings is 1. The Balaban J connectivity index is 1.22. The molecule has 4 saturated carbocycles. The van der Waals surface area contributed by atoms with Crippen LogP contribution < -0.4 is 21.5 Å². The van der Waals surface area contributed by atoms with Crippen LogP contribution in [-0.4, -0.2) is 23.5 Å². The van der Waals surface area contributed by atoms with Gasteiger partial charge in [0.25, 0.3) is 5.91 Å². The maximum absolute atomic E-state index is 12.9. The Kier molecular flexibility index (Phi) is 5.27. The van der Waals surface area contributed by atoms with Crippen LogP contribution in [0.5, 0.6) is 0 Å². The highest BCUT2D eigenvalue weighted by molar-refractivity contribution is 7.80. The van der Waals surface area contributed by atoms with E-state index < -0.39 is 0 Å². The number of hydrogen-bond acceptors (Lipinski definition) is 3. The third-order valence-electron chi connectivity index (χ3n) is 6.64. The Morgan fingerprint density at radius 1 is 1.04 bits per heavy atom. The summed E-state index contributed by atoms with van der Waals surface area (Å²) in [5.74, 6) is 1.86. The fraction of sp³-hybridized carbons (Fsp3) is 0.571. The van der Waals surface area contributed by atoms with E-state index in [2.05, 4.69) is 21.5 Å². The number of carbonyl (C=O) groups is 2. The Bertz CT molecular complexity index is 759. The molecule has 0 aliphatic heterocycles. The van der Waals surface area contributed by atoms with E-state index in [4.69, 9.17) is 12.2 Å². The first-order valence-corrected chi connectivity index (χ1v) is 10.5. The monoisotopic (exact) mass is 400 g/mol. The van der Waals surface area contributed by atoms with Gasteiger partial charge in [-0.15, -0.1) is 0 Å². The van der Waals surface area contributed by atoms with Crippen molar-refractivity contribution in [3.05, 3.63) is 29.8 Å². The van der Waals surface area contributed by atoms with Gasteiger partial charge in [-0.05, 0) is 87.1 Å². The molecule has 0 unspecified atom stereocenters. The predicted molar refractivity (Wildman–Crippen MR) is 112 cm³/mol. The van der Waals surface area contributed by atoms with Crippen LogP contribution in [0.4, 0.5) is 5.69 Å². The van der Waals surface area contributed by atoms with E-state index in [0.29, 0.717) is 22.9 Å². The molecule has 4 bridgehead atoms. The number of amides is 2. The fourth-order valence-electron chi connectivity index (χ4n) is 5.77. The lowest BCUT2D eigenvalue weighted by atomic mass is 9.49. The summed E-state index contributed by atoms with van der Waals surface area (Å²) >= 11 is 5.20. The quantitative estimate of drug-likeness (QED) is 0.461. The fourth-order valence-corrected chi connectivity index (χ4v) is 5.94. The third-order valence-corrected chi connectivity index (χ3v) is 6.84. The van der Waals surface area contributed by atoms with Gasteiger partial charge in [-0.3, -0.25) is 20.4 Å². The summed E-state index contributed by atoms with van der Waals surface area (Å²) in [6, 6.07) is 7.75. The summed E-state index contributed by atoms with van der Waals surface area (Å²) in [7, 11) is 0. The van der Waals surface area contributed by atoms with Gasteiger partial charge in [-0.1, -0.05) is 18.2 Å². The van der Waals surface area contributed by atoms with Gasteiger partial charge in [0.05, 0.1) is 6.54 Å². The van der Waals surface area contributed by atoms with E-state index in [0.717, 1.165) is 30.5 Å². The van der Waals surface area contributed by atoms with Crippen molar-refractivity contribution in [2.45, 2.75) is 45.4 Å². The number of rotatable bonds is 4. The first-order chi connectivity index (χ1) is 13.4. The zero-order valence-electron chi connectivity index (χ0n) is 16.2. The molecule has 0 heterocycles. The molecule has 6 nitrogen and oxygen atoms in total. The number of carbonyl (C=O) groups excluding carboxylic acids is 2. The van der Waals surface area contributed by atoms with Crippen molar-refractivity contribution in [2.24, 2.45) is 23.2 Å². The van der Waals surface area contributed by atoms with Crippen LogP contribution in [0.3, 0.4) is 0 Å². The van der Waals surface area contributed by atoms with E-state index in [1.54, 1.807) is 0 Å². The molecule has 0 spiro atoms. The molecule has 0 radical (unpaired) electrons. The number of hydrazine groups is 1. The van der Waals surface area contributed by atoms with Gasteiger partial charge in [-0.2, -0.15) is 0 Å². The predicted octanol–water partition coefficient (Wildman–Crippen LogP) is 2.65. The summed E-state index contributed by atoms with van der Waals surface area (Å²) < 4.78 is 0. The highest BCUT2D eigenvalue weighted by Crippen LogP contribution is 2.60. The zero-order valence-corrected chi connectivity index (χ0v) is 17.0. The normalized spacial score (nSPS) is 29.8. The molecule has 5 rings (SSSR count). The summed E-state index contributed by atoms with van der Waals surface area (Å²) in [4.78, 5) is 25.0. The molecule has 28 heavy (non-hydrogen) atoms. The Labute approximate surface area is 171 Å². The molecular formula is C21H28N4O2S. The Morgan fingerprint density at radius 3 is 2.25 bits per heavy atom. The molecule has 2 amide bonds. The summed E-state index contributed by atoms with van der Waals surface area (Å²) in [6.07, 6.45) is 6.87. The molecule has 1 aromatic carbocycles. The van der Waals surface area contributed by atoms with Crippen LogP contribution in [0.2, 0.25) is 0 Å². The third kappa shape index (κ3) is 3.99. The average molecular weight is 401 g/mol. The average Bonchev–Trinajstić information content (AvgIpc) is 2.65. The maximum Gasteiger partial charge on any atom is 0.257 e. The van der Waals surface area contributed by atoms with Gasteiger partial charge in [0, 0.05) is 11.1 Å². The molecule has 0 atom stereocenters. The van der Waals surface area contributed by atoms with E-state index in [9.17, 15) is 9.59 Å². The van der Waals surface area contributed by atoms with Gasteiger partial charge in [0.2, 0.25) is 5.91 Å². The van der Waals surface area contributed by atoms with Crippen molar-refractivity contribution < 1.29 is 9.59 Å². The number of nitrogens with one attached hydrogen (secondary N) is 4. The van der Waals surface area contributed by atoms with Crippen LogP contribution in [0, 0.1) is 30.1 Å². The summed E-state index contributed by atoms with van der Waals surface area (Å²) in [5.41, 5.74) is 6.93. The largest absolute Gasteiger partial charge is 0.346 e. The molecule has 7 heteroatoms. The second kappa shape index (κ2) is 7.70. The van der Waals surface area contributed by atoms with Crippen LogP contribution in [-0.2, 0) is 9.59 Å². The number of hydrogen-bond donors (Lipinski definition) is 4. The van der Waals surface area contributed by atoms with Crippen LogP contribution >= 0.6 is 12.2 Å². The number of thiocarbonyl (C=S) groups is 1. The first-order valence-electron chi connectivity index (χ1n) is 10.1. The van der Waals surface area contributed by atoms with E-state index >= 15 is 0 Å². The van der Waals surface area contributed by atoms with Crippen molar-refractivity contribution in [1.82, 2.24) is 16.2 Å². The lowest BCUT2D eigenvalue weighted by Crippen LogP contribution is -2.55. The van der Waals surface area contributed by atoms with Crippen molar-refractivity contribution in [2.75, 3.05) is 11.9 Å². The van der Waals surface area contributed by atoms with Gasteiger partial charge in [0.1, 0.15) is 0 Å². The number of aryl methyl sites for hydroxylation is 1. The van der Waals surface area contributed by atoms with Crippen molar-refractivity contribution >= 4 is 34.8 Å². The molecule has 150 valence electrons. The Morgan fingerprint density at radius 2 is 1.64 bits per heavy atom. The van der Waals surface area contributed by atoms with Crippen LogP contribution in [0.15, 0.2) is 24.3 Å². The van der Waals surface area contributed by atoms with Gasteiger partial charge in [0.15, 0.2) is 5.11 Å². The van der Waals surface area contributed by atoms with Crippen LogP contribution in [0.1, 0.15) is 44.1 Å². The minimum absolute atomic E-state index is 0.0411. The number of para-hydroxylation sites is 1. The van der Waals surface area contributed by atoms with Crippen molar-refractivity contribution in [3.8, 4) is 0 Å². The molecule has 4 N–H and O–H groups in total. The number of anilines is 1. The van der Waals surface area contributed by atoms with E-state index in [-0.39, 0.29) is 23.8 Å². The van der Waals surface area contributed by atoms with Crippen molar-refractivity contribution in [1.29, 1.82) is 0 Å². The molecule has 4 aliphatic carbocycles. The molecule has 0 aromatic heterocycles. The second-order valence-electron chi connectivity index (χ2n) is 8.82. The van der Waals surface area contributed by atoms with Crippen LogP contribution in [0.25, 0.3) is 0 Å². The minimum atomic E-state index is -0.313. The zero-order chi connectivity index (χ0) is 19.7.